The van der Waals surface area contributed by atoms with Gasteiger partial charge in [0.1, 0.15) is 6.04 Å². The number of carbonyl (C=O) groups is 2. The molecule has 1 aromatic rings. The Morgan fingerprint density at radius 2 is 2.16 bits per heavy atom. The van der Waals surface area contributed by atoms with E-state index in [9.17, 15) is 14.7 Å². The molecule has 6 nitrogen and oxygen atoms in total. The Bertz CT molecular complexity index is 463. The number of aliphatic hydroxyl groups excluding tert-OH is 1. The molecular weight excluding hydrogens is 248 g/mol. The first kappa shape index (κ1) is 13.5. The number of nitrogens with zero attached hydrogens (tertiary/aromatic N) is 2. The van der Waals surface area contributed by atoms with Crippen molar-refractivity contribution in [2.75, 3.05) is 13.7 Å². The summed E-state index contributed by atoms with van der Waals surface area (Å²) in [7, 11) is 1.28. The number of esters is 1. The largest absolute Gasteiger partial charge is 0.467 e. The van der Waals surface area contributed by atoms with E-state index in [0.29, 0.717) is 0 Å². The van der Waals surface area contributed by atoms with Crippen LogP contribution in [0.25, 0.3) is 0 Å². The summed E-state index contributed by atoms with van der Waals surface area (Å²) in [6, 6.07) is 2.81. The highest BCUT2D eigenvalue weighted by atomic mass is 16.5. The van der Waals surface area contributed by atoms with Gasteiger partial charge in [0.05, 0.1) is 19.6 Å². The smallest absolute Gasteiger partial charge is 0.328 e. The van der Waals surface area contributed by atoms with E-state index in [1.54, 1.807) is 24.5 Å². The lowest BCUT2D eigenvalue weighted by molar-refractivity contribution is -0.150. The lowest BCUT2D eigenvalue weighted by atomic mass is 10.1. The van der Waals surface area contributed by atoms with E-state index in [1.807, 2.05) is 0 Å². The minimum absolute atomic E-state index is 0.170. The summed E-state index contributed by atoms with van der Waals surface area (Å²) in [6.07, 6.45) is 2.96. The first-order valence-corrected chi connectivity index (χ1v) is 6.06. The summed E-state index contributed by atoms with van der Waals surface area (Å²) in [4.78, 5) is 29.0. The van der Waals surface area contributed by atoms with Gasteiger partial charge in [0.25, 0.3) is 0 Å². The predicted octanol–water partition coefficient (Wildman–Crippen LogP) is -0.241. The third-order valence-corrected chi connectivity index (χ3v) is 3.18. The molecule has 102 valence electrons. The quantitative estimate of drug-likeness (QED) is 0.762. The molecule has 6 heteroatoms. The number of hydrogen-bond donors (Lipinski definition) is 1. The Labute approximate surface area is 111 Å². The number of aliphatic hydroxyl groups is 1. The summed E-state index contributed by atoms with van der Waals surface area (Å²) in [5.41, 5.74) is 0.824. The summed E-state index contributed by atoms with van der Waals surface area (Å²) in [5, 5.41) is 9.62. The van der Waals surface area contributed by atoms with Crippen molar-refractivity contribution in [2.24, 2.45) is 0 Å². The maximum atomic E-state index is 12.2. The highest BCUT2D eigenvalue weighted by Crippen LogP contribution is 2.20. The number of rotatable bonds is 3. The fourth-order valence-electron chi connectivity index (χ4n) is 2.23. The molecule has 0 aromatic carbocycles. The second-order valence-corrected chi connectivity index (χ2v) is 4.51. The van der Waals surface area contributed by atoms with Crippen LogP contribution in [-0.4, -0.2) is 52.7 Å². The Hall–Kier alpha value is -1.95. The standard InChI is InChI=1S/C13H16N2O4/c1-19-13(18)11-7-10(16)8-15(11)12(17)6-9-2-4-14-5-3-9/h2-5,10-11,16H,6-8H2,1H3. The number of ether oxygens (including phenoxy) is 1. The Balaban J connectivity index is 2.07. The number of methoxy groups -OCH3 is 1. The molecule has 19 heavy (non-hydrogen) atoms. The van der Waals surface area contributed by atoms with Gasteiger partial charge in [-0.1, -0.05) is 0 Å². The molecule has 1 aliphatic rings. The first-order chi connectivity index (χ1) is 9.11. The minimum Gasteiger partial charge on any atom is -0.467 e. The van der Waals surface area contributed by atoms with Gasteiger partial charge in [0.15, 0.2) is 0 Å². The van der Waals surface area contributed by atoms with E-state index in [4.69, 9.17) is 0 Å². The van der Waals surface area contributed by atoms with E-state index in [-0.39, 0.29) is 25.3 Å². The fraction of sp³-hybridized carbons (Fsp3) is 0.462. The molecular formula is C13H16N2O4. The zero-order valence-corrected chi connectivity index (χ0v) is 10.7. The van der Waals surface area contributed by atoms with Crippen LogP contribution in [0.2, 0.25) is 0 Å². The molecule has 1 saturated heterocycles. The van der Waals surface area contributed by atoms with E-state index >= 15 is 0 Å². The van der Waals surface area contributed by atoms with E-state index in [1.165, 1.54) is 12.0 Å². The maximum absolute atomic E-state index is 12.2. The van der Waals surface area contributed by atoms with Gasteiger partial charge in [-0.25, -0.2) is 4.79 Å². The number of carbonyl (C=O) groups excluding carboxylic acids is 2. The lowest BCUT2D eigenvalue weighted by Gasteiger charge is -2.22. The third-order valence-electron chi connectivity index (χ3n) is 3.18. The van der Waals surface area contributed by atoms with Gasteiger partial charge in [-0.15, -0.1) is 0 Å². The van der Waals surface area contributed by atoms with Crippen molar-refractivity contribution in [2.45, 2.75) is 25.0 Å². The average Bonchev–Trinajstić information content (AvgIpc) is 2.81. The van der Waals surface area contributed by atoms with Crippen LogP contribution in [0.1, 0.15) is 12.0 Å². The number of pyridine rings is 1. The van der Waals surface area contributed by atoms with Crippen molar-refractivity contribution in [1.29, 1.82) is 0 Å². The molecule has 0 bridgehead atoms. The highest BCUT2D eigenvalue weighted by Gasteiger charge is 2.39. The topological polar surface area (TPSA) is 79.7 Å². The van der Waals surface area contributed by atoms with E-state index < -0.39 is 18.1 Å². The Morgan fingerprint density at radius 1 is 1.47 bits per heavy atom. The van der Waals surface area contributed by atoms with Gasteiger partial charge in [0.2, 0.25) is 5.91 Å². The van der Waals surface area contributed by atoms with Crippen LogP contribution < -0.4 is 0 Å². The van der Waals surface area contributed by atoms with Gasteiger partial charge in [-0.05, 0) is 17.7 Å². The lowest BCUT2D eigenvalue weighted by Crippen LogP contribution is -2.42. The molecule has 0 spiro atoms. The predicted molar refractivity (Wildman–Crippen MR) is 66.1 cm³/mol. The van der Waals surface area contributed by atoms with Crippen LogP contribution >= 0.6 is 0 Å². The molecule has 0 radical (unpaired) electrons. The molecule has 2 rings (SSSR count). The molecule has 0 saturated carbocycles. The number of amides is 1. The summed E-state index contributed by atoms with van der Waals surface area (Å²) < 4.78 is 4.66. The minimum atomic E-state index is -0.686. The van der Waals surface area contributed by atoms with Crippen LogP contribution in [0.5, 0.6) is 0 Å². The summed E-state index contributed by atoms with van der Waals surface area (Å²) >= 11 is 0. The van der Waals surface area contributed by atoms with Crippen LogP contribution in [0.3, 0.4) is 0 Å². The first-order valence-electron chi connectivity index (χ1n) is 6.06. The number of β-amino-alcohol motifs (C(OH)–C–C–N with tert-alkyl or cyclic N) is 1. The molecule has 1 aliphatic heterocycles. The van der Waals surface area contributed by atoms with Gasteiger partial charge < -0.3 is 14.7 Å². The summed E-state index contributed by atoms with van der Waals surface area (Å²) in [5.74, 6) is -0.683. The van der Waals surface area contributed by atoms with Gasteiger partial charge >= 0.3 is 5.97 Å². The number of hydrogen-bond acceptors (Lipinski definition) is 5. The fourth-order valence-corrected chi connectivity index (χ4v) is 2.23. The van der Waals surface area contributed by atoms with E-state index in [0.717, 1.165) is 5.56 Å². The monoisotopic (exact) mass is 264 g/mol. The molecule has 1 fully saturated rings. The Kier molecular flexibility index (Phi) is 4.11. The average molecular weight is 264 g/mol. The molecule has 2 heterocycles. The zero-order valence-electron chi connectivity index (χ0n) is 10.7. The molecule has 0 aliphatic carbocycles. The van der Waals surface area contributed by atoms with Crippen molar-refractivity contribution >= 4 is 11.9 Å². The van der Waals surface area contributed by atoms with Crippen molar-refractivity contribution in [3.05, 3.63) is 30.1 Å². The van der Waals surface area contributed by atoms with Gasteiger partial charge in [0, 0.05) is 25.4 Å². The van der Waals surface area contributed by atoms with Crippen molar-refractivity contribution in [3.63, 3.8) is 0 Å². The number of aromatic nitrogens is 1. The van der Waals surface area contributed by atoms with Gasteiger partial charge in [-0.3, -0.25) is 9.78 Å². The highest BCUT2D eigenvalue weighted by molar-refractivity contribution is 5.86. The third kappa shape index (κ3) is 3.08. The maximum Gasteiger partial charge on any atom is 0.328 e. The zero-order chi connectivity index (χ0) is 13.8. The van der Waals surface area contributed by atoms with Gasteiger partial charge in [-0.2, -0.15) is 0 Å². The molecule has 2 atom stereocenters. The SMILES string of the molecule is COC(=O)C1CC(O)CN1C(=O)Cc1ccncc1. The van der Waals surface area contributed by atoms with Crippen molar-refractivity contribution < 1.29 is 19.4 Å². The molecule has 1 aromatic heterocycles. The Morgan fingerprint density at radius 3 is 2.79 bits per heavy atom. The van der Waals surface area contributed by atoms with Crippen molar-refractivity contribution in [1.82, 2.24) is 9.88 Å². The van der Waals surface area contributed by atoms with E-state index in [2.05, 4.69) is 9.72 Å². The molecule has 1 N–H and O–H groups in total. The molecule has 2 unspecified atom stereocenters. The second kappa shape index (κ2) is 5.79. The second-order valence-electron chi connectivity index (χ2n) is 4.51. The van der Waals surface area contributed by atoms with Crippen molar-refractivity contribution in [3.8, 4) is 0 Å². The summed E-state index contributed by atoms with van der Waals surface area (Å²) in [6.45, 7) is 0.170. The van der Waals surface area contributed by atoms with Crippen LogP contribution in [0.15, 0.2) is 24.5 Å². The van der Waals surface area contributed by atoms with Crippen LogP contribution in [-0.2, 0) is 20.7 Å². The van der Waals surface area contributed by atoms with Crippen LogP contribution in [0, 0.1) is 0 Å². The normalized spacial score (nSPS) is 22.3. The number of likely N-dealkylation sites (tertiary alicyclic amines) is 1. The molecule has 1 amide bonds. The van der Waals surface area contributed by atoms with Crippen LogP contribution in [0.4, 0.5) is 0 Å².